The fraction of sp³-hybridized carbons (Fsp3) is 0.320. The Bertz CT molecular complexity index is 1180. The lowest BCUT2D eigenvalue weighted by Crippen LogP contribution is -2.37. The summed E-state index contributed by atoms with van der Waals surface area (Å²) in [7, 11) is 0. The summed E-state index contributed by atoms with van der Waals surface area (Å²) in [5.41, 5.74) is 4.64. The van der Waals surface area contributed by atoms with Crippen LogP contribution in [0.4, 0.5) is 5.82 Å². The van der Waals surface area contributed by atoms with Crippen LogP contribution in [0.5, 0.6) is 11.5 Å². The second kappa shape index (κ2) is 7.82. The number of allylic oxidation sites excluding steroid dienone is 3. The van der Waals surface area contributed by atoms with Gasteiger partial charge < -0.3 is 20.1 Å². The first-order chi connectivity index (χ1) is 15.4. The Hall–Kier alpha value is -3.61. The first-order valence-corrected chi connectivity index (χ1v) is 10.8. The van der Waals surface area contributed by atoms with Gasteiger partial charge in [-0.25, -0.2) is 4.98 Å². The average molecular weight is 431 g/mol. The van der Waals surface area contributed by atoms with Gasteiger partial charge in [-0.1, -0.05) is 19.1 Å². The third kappa shape index (κ3) is 3.53. The van der Waals surface area contributed by atoms with Crippen LogP contribution in [-0.2, 0) is 9.59 Å². The van der Waals surface area contributed by atoms with E-state index in [2.05, 4.69) is 22.5 Å². The van der Waals surface area contributed by atoms with E-state index in [1.54, 1.807) is 12.3 Å². The highest BCUT2D eigenvalue weighted by Gasteiger charge is 2.40. The van der Waals surface area contributed by atoms with Crippen molar-refractivity contribution in [1.82, 2.24) is 10.3 Å². The molecule has 0 bridgehead atoms. The van der Waals surface area contributed by atoms with Gasteiger partial charge in [0.15, 0.2) is 17.3 Å². The molecule has 0 saturated carbocycles. The van der Waals surface area contributed by atoms with Crippen molar-refractivity contribution >= 4 is 17.5 Å². The number of Topliss-reactive ketones (excluding diaryl/α,β-unsaturated/α-hetero) is 1. The van der Waals surface area contributed by atoms with Crippen molar-refractivity contribution in [1.29, 1.82) is 0 Å². The van der Waals surface area contributed by atoms with Crippen molar-refractivity contribution in [3.05, 3.63) is 70.2 Å². The zero-order chi connectivity index (χ0) is 22.4. The van der Waals surface area contributed by atoms with Gasteiger partial charge in [-0.15, -0.1) is 0 Å². The van der Waals surface area contributed by atoms with Gasteiger partial charge in [0.1, 0.15) is 5.82 Å². The Morgan fingerprint density at radius 1 is 1.12 bits per heavy atom. The molecule has 3 heterocycles. The molecule has 1 amide bonds. The molecule has 7 heteroatoms. The molecule has 0 fully saturated rings. The number of benzene rings is 1. The van der Waals surface area contributed by atoms with Crippen molar-refractivity contribution in [3.8, 4) is 11.5 Å². The minimum Gasteiger partial charge on any atom is -0.454 e. The van der Waals surface area contributed by atoms with Crippen LogP contribution in [0.25, 0.3) is 0 Å². The average Bonchev–Trinajstić information content (AvgIpc) is 3.22. The molecule has 0 radical (unpaired) electrons. The quantitative estimate of drug-likeness (QED) is 0.764. The standard InChI is InChI=1S/C25H25N3O4/c1-13-4-7-21(26-11-13)28-25(30)22-15(3)27-17-8-14(2)9-18(29)24(17)23(22)16-5-6-19-20(10-16)32-12-31-19/h4-7,10-11,14,23,27H,8-9,12H2,1-3H3,(H,26,28,30)/t14-,23+/m0/s1. The highest BCUT2D eigenvalue weighted by molar-refractivity contribution is 6.09. The number of hydrogen-bond donors (Lipinski definition) is 2. The van der Waals surface area contributed by atoms with Gasteiger partial charge in [0, 0.05) is 41.1 Å². The molecule has 0 spiro atoms. The van der Waals surface area contributed by atoms with Gasteiger partial charge in [0.25, 0.3) is 5.91 Å². The minimum atomic E-state index is -0.494. The van der Waals surface area contributed by atoms with E-state index < -0.39 is 5.92 Å². The fourth-order valence-corrected chi connectivity index (χ4v) is 4.69. The number of aromatic nitrogens is 1. The second-order valence-corrected chi connectivity index (χ2v) is 8.71. The summed E-state index contributed by atoms with van der Waals surface area (Å²) < 4.78 is 11.0. The highest BCUT2D eigenvalue weighted by atomic mass is 16.7. The summed E-state index contributed by atoms with van der Waals surface area (Å²) in [5.74, 6) is 1.30. The first-order valence-electron chi connectivity index (χ1n) is 10.8. The van der Waals surface area contributed by atoms with E-state index in [4.69, 9.17) is 9.47 Å². The van der Waals surface area contributed by atoms with E-state index in [0.717, 1.165) is 28.9 Å². The van der Waals surface area contributed by atoms with Crippen LogP contribution in [0.15, 0.2) is 59.1 Å². The Morgan fingerprint density at radius 3 is 2.72 bits per heavy atom. The molecular weight excluding hydrogens is 406 g/mol. The maximum atomic E-state index is 13.5. The highest BCUT2D eigenvalue weighted by Crippen LogP contribution is 2.45. The Morgan fingerprint density at radius 2 is 1.94 bits per heavy atom. The van der Waals surface area contributed by atoms with Gasteiger partial charge in [-0.05, 0) is 55.5 Å². The van der Waals surface area contributed by atoms with E-state index in [-0.39, 0.29) is 24.4 Å². The Balaban J connectivity index is 1.59. The van der Waals surface area contributed by atoms with Gasteiger partial charge in [-0.3, -0.25) is 9.59 Å². The lowest BCUT2D eigenvalue weighted by atomic mass is 9.73. The van der Waals surface area contributed by atoms with Crippen LogP contribution in [-0.4, -0.2) is 23.5 Å². The van der Waals surface area contributed by atoms with Crippen molar-refractivity contribution in [2.45, 2.75) is 39.5 Å². The number of rotatable bonds is 3. The van der Waals surface area contributed by atoms with Crippen LogP contribution in [0.2, 0.25) is 0 Å². The SMILES string of the molecule is CC1=C(C(=O)Nc2ccc(C)cn2)[C@@H](c2ccc3c(c2)OCO3)C2=C(C[C@H](C)CC2=O)N1. The smallest absolute Gasteiger partial charge is 0.255 e. The molecule has 5 rings (SSSR count). The fourth-order valence-electron chi connectivity index (χ4n) is 4.69. The molecule has 32 heavy (non-hydrogen) atoms. The number of aryl methyl sites for hydroxylation is 1. The van der Waals surface area contributed by atoms with Crippen LogP contribution in [0.3, 0.4) is 0 Å². The second-order valence-electron chi connectivity index (χ2n) is 8.71. The molecule has 2 aromatic rings. The maximum absolute atomic E-state index is 13.5. The number of anilines is 1. The summed E-state index contributed by atoms with van der Waals surface area (Å²) in [6.07, 6.45) is 2.95. The number of dihydropyridines is 1. The van der Waals surface area contributed by atoms with Gasteiger partial charge in [-0.2, -0.15) is 0 Å². The normalized spacial score (nSPS) is 21.9. The van der Waals surface area contributed by atoms with Crippen molar-refractivity contribution in [2.24, 2.45) is 5.92 Å². The molecule has 1 aromatic heterocycles. The molecule has 1 aliphatic carbocycles. The van der Waals surface area contributed by atoms with Crippen molar-refractivity contribution < 1.29 is 19.1 Å². The number of ether oxygens (including phenoxy) is 2. The van der Waals surface area contributed by atoms with Gasteiger partial charge >= 0.3 is 0 Å². The molecule has 0 unspecified atom stereocenters. The van der Waals surface area contributed by atoms with Gasteiger partial charge in [0.05, 0.1) is 0 Å². The van der Waals surface area contributed by atoms with Crippen LogP contribution in [0, 0.1) is 12.8 Å². The molecule has 0 saturated heterocycles. The summed E-state index contributed by atoms with van der Waals surface area (Å²) >= 11 is 0. The number of fused-ring (bicyclic) bond motifs is 1. The number of carbonyl (C=O) groups excluding carboxylic acids is 2. The lowest BCUT2D eigenvalue weighted by molar-refractivity contribution is -0.117. The Labute approximate surface area is 186 Å². The topological polar surface area (TPSA) is 89.6 Å². The zero-order valence-corrected chi connectivity index (χ0v) is 18.3. The predicted molar refractivity (Wildman–Crippen MR) is 119 cm³/mol. The third-order valence-corrected chi connectivity index (χ3v) is 6.16. The van der Waals surface area contributed by atoms with Crippen LogP contribution < -0.4 is 20.1 Å². The minimum absolute atomic E-state index is 0.0696. The van der Waals surface area contributed by atoms with E-state index in [1.165, 1.54) is 0 Å². The number of amides is 1. The number of carbonyl (C=O) groups is 2. The molecule has 2 N–H and O–H groups in total. The summed E-state index contributed by atoms with van der Waals surface area (Å²) in [6, 6.07) is 9.28. The monoisotopic (exact) mass is 431 g/mol. The first kappa shape index (κ1) is 20.3. The zero-order valence-electron chi connectivity index (χ0n) is 18.3. The summed E-state index contributed by atoms with van der Waals surface area (Å²) in [5, 5.41) is 6.26. The van der Waals surface area contributed by atoms with E-state index in [9.17, 15) is 9.59 Å². The van der Waals surface area contributed by atoms with E-state index in [0.29, 0.717) is 34.9 Å². The molecule has 1 aromatic carbocycles. The summed E-state index contributed by atoms with van der Waals surface area (Å²) in [6.45, 7) is 6.06. The number of hydrogen-bond acceptors (Lipinski definition) is 6. The maximum Gasteiger partial charge on any atom is 0.255 e. The molecule has 3 aliphatic rings. The number of nitrogens with one attached hydrogen (secondary N) is 2. The molecule has 2 atom stereocenters. The predicted octanol–water partition coefficient (Wildman–Crippen LogP) is 3.97. The van der Waals surface area contributed by atoms with Crippen molar-refractivity contribution in [2.75, 3.05) is 12.1 Å². The Kier molecular flexibility index (Phi) is 4.96. The van der Waals surface area contributed by atoms with Crippen LogP contribution >= 0.6 is 0 Å². The van der Waals surface area contributed by atoms with Crippen LogP contribution in [0.1, 0.15) is 43.7 Å². The number of nitrogens with zero attached hydrogens (tertiary/aromatic N) is 1. The lowest BCUT2D eigenvalue weighted by Gasteiger charge is -2.36. The van der Waals surface area contributed by atoms with E-state index in [1.807, 2.05) is 38.1 Å². The van der Waals surface area contributed by atoms with Gasteiger partial charge in [0.2, 0.25) is 6.79 Å². The molecule has 164 valence electrons. The van der Waals surface area contributed by atoms with Crippen molar-refractivity contribution in [3.63, 3.8) is 0 Å². The third-order valence-electron chi connectivity index (χ3n) is 6.16. The molecule has 7 nitrogen and oxygen atoms in total. The number of pyridine rings is 1. The summed E-state index contributed by atoms with van der Waals surface area (Å²) in [4.78, 5) is 31.0. The van der Waals surface area contributed by atoms with E-state index >= 15 is 0 Å². The molecule has 2 aliphatic heterocycles. The number of ketones is 1. The molecular formula is C25H25N3O4. The largest absolute Gasteiger partial charge is 0.454 e.